The largest absolute Gasteiger partial charge is 0.442 e. The van der Waals surface area contributed by atoms with E-state index in [2.05, 4.69) is 15.6 Å². The number of carbonyl (C=O) groups excluding carboxylic acids is 1. The SMILES string of the molecule is CC(C)(NC(=O)CSC(F)(F)F)c1cn(-c2ccccc2)nn1. The second kappa shape index (κ2) is 6.61. The van der Waals surface area contributed by atoms with Crippen molar-refractivity contribution in [3.63, 3.8) is 0 Å². The Labute approximate surface area is 135 Å². The highest BCUT2D eigenvalue weighted by Crippen LogP contribution is 2.30. The Hall–Kier alpha value is -2.03. The second-order valence-electron chi connectivity index (χ2n) is 5.29. The molecular weight excluding hydrogens is 329 g/mol. The van der Waals surface area contributed by atoms with Gasteiger partial charge in [-0.15, -0.1) is 5.10 Å². The Morgan fingerprint density at radius 2 is 1.91 bits per heavy atom. The summed E-state index contributed by atoms with van der Waals surface area (Å²) in [4.78, 5) is 11.7. The molecule has 5 nitrogen and oxygen atoms in total. The number of thioether (sulfide) groups is 1. The number of nitrogens with zero attached hydrogens (tertiary/aromatic N) is 3. The molecule has 1 aromatic carbocycles. The molecule has 0 aliphatic rings. The molecule has 0 aliphatic carbocycles. The van der Waals surface area contributed by atoms with Crippen LogP contribution in [-0.4, -0.2) is 32.2 Å². The summed E-state index contributed by atoms with van der Waals surface area (Å²) in [7, 11) is 0. The van der Waals surface area contributed by atoms with E-state index in [1.165, 1.54) is 4.68 Å². The predicted octanol–water partition coefficient (Wildman–Crippen LogP) is 2.87. The Morgan fingerprint density at radius 1 is 1.26 bits per heavy atom. The van der Waals surface area contributed by atoms with Crippen molar-refractivity contribution in [1.29, 1.82) is 0 Å². The highest BCUT2D eigenvalue weighted by molar-refractivity contribution is 8.00. The fourth-order valence-corrected chi connectivity index (χ4v) is 2.22. The molecule has 1 amide bonds. The van der Waals surface area contributed by atoms with Crippen LogP contribution in [0.1, 0.15) is 19.5 Å². The molecule has 0 fully saturated rings. The van der Waals surface area contributed by atoms with E-state index in [0.29, 0.717) is 5.69 Å². The summed E-state index contributed by atoms with van der Waals surface area (Å²) in [5.74, 6) is -1.41. The molecule has 2 rings (SSSR count). The van der Waals surface area contributed by atoms with Crippen LogP contribution < -0.4 is 5.32 Å². The standard InChI is InChI=1S/C14H15F3N4OS/c1-13(2,18-12(22)9-23-14(15,16)17)11-8-21(20-19-11)10-6-4-3-5-7-10/h3-8H,9H2,1-2H3,(H,18,22). The highest BCUT2D eigenvalue weighted by Gasteiger charge is 2.31. The minimum absolute atomic E-state index is 0.374. The molecule has 0 unspecified atom stereocenters. The van der Waals surface area contributed by atoms with E-state index in [1.54, 1.807) is 20.0 Å². The first-order valence-electron chi connectivity index (χ1n) is 6.67. The van der Waals surface area contributed by atoms with Crippen LogP contribution in [-0.2, 0) is 10.3 Å². The van der Waals surface area contributed by atoms with Crippen molar-refractivity contribution in [2.24, 2.45) is 0 Å². The van der Waals surface area contributed by atoms with Crippen molar-refractivity contribution in [2.75, 3.05) is 5.75 Å². The fourth-order valence-electron chi connectivity index (χ4n) is 1.85. The molecule has 1 heterocycles. The molecule has 9 heteroatoms. The van der Waals surface area contributed by atoms with E-state index in [0.717, 1.165) is 5.69 Å². The van der Waals surface area contributed by atoms with Gasteiger partial charge < -0.3 is 5.32 Å². The van der Waals surface area contributed by atoms with Gasteiger partial charge in [-0.05, 0) is 37.7 Å². The maximum absolute atomic E-state index is 12.1. The summed E-state index contributed by atoms with van der Waals surface area (Å²) in [6.07, 6.45) is 1.63. The molecule has 124 valence electrons. The maximum Gasteiger partial charge on any atom is 0.442 e. The van der Waals surface area contributed by atoms with E-state index < -0.39 is 22.7 Å². The lowest BCUT2D eigenvalue weighted by Crippen LogP contribution is -2.42. The summed E-state index contributed by atoms with van der Waals surface area (Å²) >= 11 is -0.374. The van der Waals surface area contributed by atoms with Gasteiger partial charge >= 0.3 is 5.51 Å². The molecule has 1 N–H and O–H groups in total. The first kappa shape index (κ1) is 17.3. The Balaban J connectivity index is 2.05. The third kappa shape index (κ3) is 4.98. The number of hydrogen-bond donors (Lipinski definition) is 1. The quantitative estimate of drug-likeness (QED) is 0.906. The first-order valence-corrected chi connectivity index (χ1v) is 7.66. The first-order chi connectivity index (χ1) is 10.7. The Morgan fingerprint density at radius 3 is 2.52 bits per heavy atom. The zero-order chi connectivity index (χ0) is 17.1. The van der Waals surface area contributed by atoms with Crippen molar-refractivity contribution >= 4 is 17.7 Å². The monoisotopic (exact) mass is 344 g/mol. The Bertz CT molecular complexity index is 670. The molecule has 0 bridgehead atoms. The average molecular weight is 344 g/mol. The summed E-state index contributed by atoms with van der Waals surface area (Å²) in [5.41, 5.74) is -4.12. The molecular formula is C14H15F3N4OS. The maximum atomic E-state index is 12.1. The van der Waals surface area contributed by atoms with Crippen LogP contribution in [0, 0.1) is 0 Å². The summed E-state index contributed by atoms with van der Waals surface area (Å²) < 4.78 is 37.9. The van der Waals surface area contributed by atoms with Crippen LogP contribution in [0.25, 0.3) is 5.69 Å². The van der Waals surface area contributed by atoms with Gasteiger partial charge in [0.15, 0.2) is 0 Å². The van der Waals surface area contributed by atoms with Crippen LogP contribution in [0.2, 0.25) is 0 Å². The Kier molecular flexibility index (Phi) is 4.98. The number of aromatic nitrogens is 3. The molecule has 0 saturated carbocycles. The molecule has 0 radical (unpaired) electrons. The molecule has 0 saturated heterocycles. The number of hydrogen-bond acceptors (Lipinski definition) is 4. The fraction of sp³-hybridized carbons (Fsp3) is 0.357. The van der Waals surface area contributed by atoms with Crippen LogP contribution in [0.3, 0.4) is 0 Å². The van der Waals surface area contributed by atoms with Gasteiger partial charge in [-0.25, -0.2) is 4.68 Å². The van der Waals surface area contributed by atoms with Crippen LogP contribution in [0.5, 0.6) is 0 Å². The smallest absolute Gasteiger partial charge is 0.345 e. The van der Waals surface area contributed by atoms with Gasteiger partial charge in [0.25, 0.3) is 0 Å². The number of benzene rings is 1. The number of carbonyl (C=O) groups is 1. The van der Waals surface area contributed by atoms with Gasteiger partial charge in [-0.3, -0.25) is 4.79 Å². The number of nitrogens with one attached hydrogen (secondary N) is 1. The number of halogens is 3. The van der Waals surface area contributed by atoms with E-state index in [-0.39, 0.29) is 11.8 Å². The molecule has 2 aromatic rings. The number of rotatable bonds is 5. The lowest BCUT2D eigenvalue weighted by Gasteiger charge is -2.23. The van der Waals surface area contributed by atoms with E-state index in [4.69, 9.17) is 0 Å². The van der Waals surface area contributed by atoms with Crippen molar-refractivity contribution in [3.8, 4) is 5.69 Å². The van der Waals surface area contributed by atoms with Gasteiger partial charge in [0.1, 0.15) is 5.69 Å². The summed E-state index contributed by atoms with van der Waals surface area (Å²) in [6.45, 7) is 3.31. The average Bonchev–Trinajstić information content (AvgIpc) is 2.96. The van der Waals surface area contributed by atoms with Crippen molar-refractivity contribution in [3.05, 3.63) is 42.2 Å². The van der Waals surface area contributed by atoms with E-state index in [9.17, 15) is 18.0 Å². The van der Waals surface area contributed by atoms with Crippen LogP contribution in [0.15, 0.2) is 36.5 Å². The number of amides is 1. The van der Waals surface area contributed by atoms with Gasteiger partial charge in [0.2, 0.25) is 5.91 Å². The van der Waals surface area contributed by atoms with Gasteiger partial charge in [0.05, 0.1) is 23.2 Å². The number of alkyl halides is 3. The minimum Gasteiger partial charge on any atom is -0.345 e. The van der Waals surface area contributed by atoms with Crippen molar-refractivity contribution < 1.29 is 18.0 Å². The lowest BCUT2D eigenvalue weighted by molar-refractivity contribution is -0.120. The molecule has 0 atom stereocenters. The molecule has 0 spiro atoms. The normalized spacial score (nSPS) is 12.2. The lowest BCUT2D eigenvalue weighted by atomic mass is 10.0. The van der Waals surface area contributed by atoms with E-state index in [1.807, 2.05) is 30.3 Å². The van der Waals surface area contributed by atoms with Crippen molar-refractivity contribution in [2.45, 2.75) is 24.9 Å². The van der Waals surface area contributed by atoms with Gasteiger partial charge in [-0.1, -0.05) is 23.4 Å². The van der Waals surface area contributed by atoms with Gasteiger partial charge in [-0.2, -0.15) is 13.2 Å². The zero-order valence-corrected chi connectivity index (χ0v) is 13.3. The van der Waals surface area contributed by atoms with Crippen molar-refractivity contribution in [1.82, 2.24) is 20.3 Å². The van der Waals surface area contributed by atoms with Crippen LogP contribution in [0.4, 0.5) is 13.2 Å². The highest BCUT2D eigenvalue weighted by atomic mass is 32.2. The number of para-hydroxylation sites is 1. The summed E-state index contributed by atoms with van der Waals surface area (Å²) in [6, 6.07) is 9.23. The minimum atomic E-state index is -4.43. The molecule has 0 aliphatic heterocycles. The third-order valence-corrected chi connectivity index (χ3v) is 3.71. The molecule has 23 heavy (non-hydrogen) atoms. The summed E-state index contributed by atoms with van der Waals surface area (Å²) in [5, 5.41) is 10.5. The second-order valence-corrected chi connectivity index (χ2v) is 6.33. The van der Waals surface area contributed by atoms with Gasteiger partial charge in [0, 0.05) is 0 Å². The predicted molar refractivity (Wildman–Crippen MR) is 81.0 cm³/mol. The topological polar surface area (TPSA) is 59.8 Å². The zero-order valence-electron chi connectivity index (χ0n) is 12.5. The van der Waals surface area contributed by atoms with E-state index >= 15 is 0 Å². The molecule has 1 aromatic heterocycles. The third-order valence-electron chi connectivity index (χ3n) is 2.97. The van der Waals surface area contributed by atoms with Crippen LogP contribution >= 0.6 is 11.8 Å².